The molecule has 1 amide bonds. The number of hydrogen-bond acceptors (Lipinski definition) is 3. The molecule has 0 bridgehead atoms. The van der Waals surface area contributed by atoms with Crippen molar-refractivity contribution in [2.24, 2.45) is 0 Å². The van der Waals surface area contributed by atoms with Crippen LogP contribution in [0.1, 0.15) is 31.5 Å². The summed E-state index contributed by atoms with van der Waals surface area (Å²) >= 11 is 5.83. The predicted molar refractivity (Wildman–Crippen MR) is 72.7 cm³/mol. The minimum absolute atomic E-state index is 0.0873. The molecule has 2 aromatic rings. The van der Waals surface area contributed by atoms with Crippen molar-refractivity contribution < 1.29 is 4.79 Å². The van der Waals surface area contributed by atoms with Gasteiger partial charge >= 0.3 is 0 Å². The van der Waals surface area contributed by atoms with E-state index in [1.807, 2.05) is 19.1 Å². The van der Waals surface area contributed by atoms with E-state index in [4.69, 9.17) is 11.6 Å². The molecule has 5 nitrogen and oxygen atoms in total. The summed E-state index contributed by atoms with van der Waals surface area (Å²) < 4.78 is 1.52. The first kappa shape index (κ1) is 13.5. The number of aromatic nitrogens is 3. The molecule has 0 spiro atoms. The summed E-state index contributed by atoms with van der Waals surface area (Å²) in [5.41, 5.74) is 1.00. The predicted octanol–water partition coefficient (Wildman–Crippen LogP) is 2.37. The van der Waals surface area contributed by atoms with Crippen molar-refractivity contribution in [3.8, 4) is 0 Å². The molecule has 19 heavy (non-hydrogen) atoms. The fourth-order valence-electron chi connectivity index (χ4n) is 1.71. The van der Waals surface area contributed by atoms with Crippen molar-refractivity contribution in [1.82, 2.24) is 20.1 Å². The van der Waals surface area contributed by atoms with Crippen molar-refractivity contribution in [2.45, 2.75) is 25.9 Å². The topological polar surface area (TPSA) is 59.8 Å². The Labute approximate surface area is 116 Å². The van der Waals surface area contributed by atoms with Gasteiger partial charge in [-0.1, -0.05) is 23.7 Å². The van der Waals surface area contributed by atoms with Crippen molar-refractivity contribution in [3.05, 3.63) is 47.5 Å². The van der Waals surface area contributed by atoms with Crippen LogP contribution in [0.4, 0.5) is 0 Å². The Balaban J connectivity index is 2.00. The minimum Gasteiger partial charge on any atom is -0.348 e. The first-order chi connectivity index (χ1) is 9.08. The van der Waals surface area contributed by atoms with Gasteiger partial charge in [-0.05, 0) is 31.5 Å². The molecule has 0 aliphatic carbocycles. The van der Waals surface area contributed by atoms with Gasteiger partial charge in [0.15, 0.2) is 0 Å². The molecule has 1 aromatic heterocycles. The number of amides is 1. The molecule has 0 unspecified atom stereocenters. The zero-order valence-electron chi connectivity index (χ0n) is 10.7. The highest BCUT2D eigenvalue weighted by Gasteiger charge is 2.17. The summed E-state index contributed by atoms with van der Waals surface area (Å²) in [7, 11) is 0. The van der Waals surface area contributed by atoms with Crippen LogP contribution in [-0.4, -0.2) is 20.7 Å². The van der Waals surface area contributed by atoms with Crippen LogP contribution in [0.3, 0.4) is 0 Å². The van der Waals surface area contributed by atoms with Crippen LogP contribution < -0.4 is 5.32 Å². The Morgan fingerprint density at radius 3 is 2.58 bits per heavy atom. The number of rotatable bonds is 4. The number of nitrogens with zero attached hydrogens (tertiary/aromatic N) is 3. The lowest BCUT2D eigenvalue weighted by Crippen LogP contribution is -2.33. The van der Waals surface area contributed by atoms with Crippen molar-refractivity contribution in [2.75, 3.05) is 0 Å². The number of carbonyl (C=O) groups is 1. The second-order valence-electron chi connectivity index (χ2n) is 4.33. The standard InChI is InChI=1S/C13H15ClN4O/c1-9(11-3-5-12(14)6-4-11)17-13(19)10(2)18-8-15-7-16-18/h3-10H,1-2H3,(H,17,19)/t9-,10-/m1/s1. The number of halogens is 1. The van der Waals surface area contributed by atoms with Gasteiger partial charge in [0.25, 0.3) is 0 Å². The summed E-state index contributed by atoms with van der Waals surface area (Å²) in [6, 6.07) is 6.93. The Bertz CT molecular complexity index is 538. The van der Waals surface area contributed by atoms with Gasteiger partial charge in [-0.15, -0.1) is 0 Å². The Morgan fingerprint density at radius 2 is 2.00 bits per heavy atom. The Hall–Kier alpha value is -1.88. The van der Waals surface area contributed by atoms with Gasteiger partial charge in [0, 0.05) is 5.02 Å². The third-order valence-corrected chi connectivity index (χ3v) is 3.19. The normalized spacial score (nSPS) is 13.8. The summed E-state index contributed by atoms with van der Waals surface area (Å²) in [5, 5.41) is 7.57. The maximum absolute atomic E-state index is 12.1. The first-order valence-electron chi connectivity index (χ1n) is 5.98. The van der Waals surface area contributed by atoms with Gasteiger partial charge in [-0.2, -0.15) is 5.10 Å². The van der Waals surface area contributed by atoms with Crippen LogP contribution in [0, 0.1) is 0 Å². The average molecular weight is 279 g/mol. The van der Waals surface area contributed by atoms with Crippen LogP contribution in [-0.2, 0) is 4.79 Å². The molecule has 2 atom stereocenters. The fraction of sp³-hybridized carbons (Fsp3) is 0.308. The van der Waals surface area contributed by atoms with E-state index >= 15 is 0 Å². The summed E-state index contributed by atoms with van der Waals surface area (Å²) in [6.45, 7) is 3.70. The fourth-order valence-corrected chi connectivity index (χ4v) is 1.83. The largest absolute Gasteiger partial charge is 0.348 e. The zero-order chi connectivity index (χ0) is 13.8. The zero-order valence-corrected chi connectivity index (χ0v) is 11.5. The highest BCUT2D eigenvalue weighted by atomic mass is 35.5. The molecule has 2 rings (SSSR count). The first-order valence-corrected chi connectivity index (χ1v) is 6.35. The SMILES string of the molecule is C[C@H](C(=O)N[C@H](C)c1ccc(Cl)cc1)n1cncn1. The van der Waals surface area contributed by atoms with Crippen LogP contribution >= 0.6 is 11.6 Å². The van der Waals surface area contributed by atoms with Gasteiger partial charge in [-0.25, -0.2) is 9.67 Å². The van der Waals surface area contributed by atoms with E-state index in [9.17, 15) is 4.79 Å². The van der Waals surface area contributed by atoms with Gasteiger partial charge in [-0.3, -0.25) is 4.79 Å². The molecule has 0 fully saturated rings. The molecule has 0 aliphatic rings. The van der Waals surface area contributed by atoms with Gasteiger partial charge < -0.3 is 5.32 Å². The van der Waals surface area contributed by atoms with Crippen molar-refractivity contribution in [1.29, 1.82) is 0 Å². The number of carbonyl (C=O) groups excluding carboxylic acids is 1. The monoisotopic (exact) mass is 278 g/mol. The third kappa shape index (κ3) is 3.32. The lowest BCUT2D eigenvalue weighted by molar-refractivity contribution is -0.124. The summed E-state index contributed by atoms with van der Waals surface area (Å²) in [4.78, 5) is 15.9. The lowest BCUT2D eigenvalue weighted by Gasteiger charge is -2.18. The van der Waals surface area contributed by atoms with E-state index < -0.39 is 6.04 Å². The van der Waals surface area contributed by atoms with Gasteiger partial charge in [0.05, 0.1) is 6.04 Å². The third-order valence-electron chi connectivity index (χ3n) is 2.94. The van der Waals surface area contributed by atoms with Crippen LogP contribution in [0.2, 0.25) is 5.02 Å². The average Bonchev–Trinajstić information content (AvgIpc) is 2.92. The Kier molecular flexibility index (Phi) is 4.16. The van der Waals surface area contributed by atoms with Crippen LogP contribution in [0.25, 0.3) is 0 Å². The molecular weight excluding hydrogens is 264 g/mol. The second kappa shape index (κ2) is 5.84. The summed E-state index contributed by atoms with van der Waals surface area (Å²) in [5.74, 6) is -0.104. The molecular formula is C13H15ClN4O. The second-order valence-corrected chi connectivity index (χ2v) is 4.77. The smallest absolute Gasteiger partial charge is 0.245 e. The van der Waals surface area contributed by atoms with E-state index in [0.717, 1.165) is 5.56 Å². The van der Waals surface area contributed by atoms with Crippen molar-refractivity contribution in [3.63, 3.8) is 0 Å². The van der Waals surface area contributed by atoms with Gasteiger partial charge in [0.2, 0.25) is 5.91 Å². The molecule has 0 aliphatic heterocycles. The van der Waals surface area contributed by atoms with E-state index in [-0.39, 0.29) is 11.9 Å². The number of nitrogens with one attached hydrogen (secondary N) is 1. The molecule has 1 heterocycles. The number of hydrogen-bond donors (Lipinski definition) is 1. The van der Waals surface area contributed by atoms with Crippen LogP contribution in [0.5, 0.6) is 0 Å². The molecule has 0 saturated carbocycles. The Morgan fingerprint density at radius 1 is 1.32 bits per heavy atom. The van der Waals surface area contributed by atoms with Crippen LogP contribution in [0.15, 0.2) is 36.9 Å². The molecule has 1 N–H and O–H groups in total. The van der Waals surface area contributed by atoms with Gasteiger partial charge in [0.1, 0.15) is 18.7 Å². The molecule has 0 radical (unpaired) electrons. The minimum atomic E-state index is -0.391. The van der Waals surface area contributed by atoms with Crippen molar-refractivity contribution >= 4 is 17.5 Å². The maximum atomic E-state index is 12.1. The van der Waals surface area contributed by atoms with E-state index in [1.165, 1.54) is 17.3 Å². The highest BCUT2D eigenvalue weighted by molar-refractivity contribution is 6.30. The molecule has 6 heteroatoms. The highest BCUT2D eigenvalue weighted by Crippen LogP contribution is 2.16. The van der Waals surface area contributed by atoms with E-state index in [1.54, 1.807) is 19.1 Å². The van der Waals surface area contributed by atoms with E-state index in [0.29, 0.717) is 5.02 Å². The summed E-state index contributed by atoms with van der Waals surface area (Å²) in [6.07, 6.45) is 2.93. The molecule has 0 saturated heterocycles. The number of benzene rings is 1. The molecule has 100 valence electrons. The molecule has 1 aromatic carbocycles. The van der Waals surface area contributed by atoms with E-state index in [2.05, 4.69) is 15.4 Å². The maximum Gasteiger partial charge on any atom is 0.245 e. The quantitative estimate of drug-likeness (QED) is 0.934. The lowest BCUT2D eigenvalue weighted by atomic mass is 10.1.